The lowest BCUT2D eigenvalue weighted by Gasteiger charge is -2.17. The predicted octanol–water partition coefficient (Wildman–Crippen LogP) is 3.10. The molecule has 2 rings (SSSR count). The van der Waals surface area contributed by atoms with Gasteiger partial charge >= 0.3 is 5.97 Å². The van der Waals surface area contributed by atoms with E-state index in [9.17, 15) is 19.7 Å². The van der Waals surface area contributed by atoms with Crippen molar-refractivity contribution in [3.63, 3.8) is 0 Å². The third-order valence-electron chi connectivity index (χ3n) is 4.30. The zero-order valence-electron chi connectivity index (χ0n) is 16.0. The van der Waals surface area contributed by atoms with Gasteiger partial charge in [0.15, 0.2) is 6.10 Å². The van der Waals surface area contributed by atoms with Gasteiger partial charge in [0.25, 0.3) is 11.6 Å². The van der Waals surface area contributed by atoms with Crippen LogP contribution < -0.4 is 10.6 Å². The number of amides is 1. The van der Waals surface area contributed by atoms with Crippen LogP contribution in [0, 0.1) is 10.1 Å². The molecule has 0 unspecified atom stereocenters. The van der Waals surface area contributed by atoms with E-state index in [1.807, 2.05) is 37.3 Å². The number of nitro benzene ring substituents is 1. The van der Waals surface area contributed by atoms with E-state index >= 15 is 0 Å². The van der Waals surface area contributed by atoms with Crippen molar-refractivity contribution in [2.75, 3.05) is 18.9 Å². The number of rotatable bonds is 8. The van der Waals surface area contributed by atoms with Gasteiger partial charge in [-0.2, -0.15) is 0 Å². The van der Waals surface area contributed by atoms with E-state index in [0.29, 0.717) is 6.54 Å². The van der Waals surface area contributed by atoms with Gasteiger partial charge in [0.2, 0.25) is 0 Å². The Labute approximate surface area is 163 Å². The molecule has 2 N–H and O–H groups in total. The van der Waals surface area contributed by atoms with E-state index in [-0.39, 0.29) is 22.9 Å². The number of nitrogens with zero attached hydrogens (tertiary/aromatic N) is 1. The number of benzene rings is 2. The van der Waals surface area contributed by atoms with Crippen LogP contribution in [0.3, 0.4) is 0 Å². The molecule has 2 aromatic rings. The van der Waals surface area contributed by atoms with Gasteiger partial charge < -0.3 is 15.4 Å². The maximum absolute atomic E-state index is 12.2. The molecule has 0 spiro atoms. The number of hydrogen-bond acceptors (Lipinski definition) is 6. The van der Waals surface area contributed by atoms with Gasteiger partial charge in [-0.25, -0.2) is 4.79 Å². The molecule has 0 saturated carbocycles. The SMILES string of the molecule is CNc1ccc(C(=O)O[C@H](C)C(=O)NC[C@H](C)c2ccccc2)cc1[N+](=O)[O-]. The van der Waals surface area contributed by atoms with Gasteiger partial charge in [-0.1, -0.05) is 37.3 Å². The van der Waals surface area contributed by atoms with Gasteiger partial charge in [-0.3, -0.25) is 14.9 Å². The average molecular weight is 385 g/mol. The van der Waals surface area contributed by atoms with Crippen molar-refractivity contribution in [1.82, 2.24) is 5.32 Å². The summed E-state index contributed by atoms with van der Waals surface area (Å²) in [5, 5.41) is 16.5. The quantitative estimate of drug-likeness (QED) is 0.410. The van der Waals surface area contributed by atoms with Crippen molar-refractivity contribution in [3.05, 3.63) is 69.8 Å². The van der Waals surface area contributed by atoms with Crippen molar-refractivity contribution in [1.29, 1.82) is 0 Å². The zero-order chi connectivity index (χ0) is 20.7. The Hall–Kier alpha value is -3.42. The third-order valence-corrected chi connectivity index (χ3v) is 4.30. The lowest BCUT2D eigenvalue weighted by atomic mass is 10.0. The van der Waals surface area contributed by atoms with E-state index in [1.54, 1.807) is 7.05 Å². The highest BCUT2D eigenvalue weighted by Crippen LogP contribution is 2.25. The van der Waals surface area contributed by atoms with Gasteiger partial charge in [0, 0.05) is 19.7 Å². The van der Waals surface area contributed by atoms with E-state index in [4.69, 9.17) is 4.74 Å². The average Bonchev–Trinajstić information content (AvgIpc) is 2.71. The van der Waals surface area contributed by atoms with Crippen LogP contribution in [-0.4, -0.2) is 36.5 Å². The first-order chi connectivity index (χ1) is 13.3. The second-order valence-corrected chi connectivity index (χ2v) is 6.34. The molecule has 0 fully saturated rings. The van der Waals surface area contributed by atoms with Crippen LogP contribution in [0.2, 0.25) is 0 Å². The molecule has 148 valence electrons. The molecule has 8 nitrogen and oxygen atoms in total. The Bertz CT molecular complexity index is 854. The minimum atomic E-state index is -1.03. The number of nitro groups is 1. The maximum atomic E-state index is 12.2. The minimum absolute atomic E-state index is 0.00278. The zero-order valence-corrected chi connectivity index (χ0v) is 16.0. The fourth-order valence-electron chi connectivity index (χ4n) is 2.60. The number of ether oxygens (including phenoxy) is 1. The Morgan fingerprint density at radius 1 is 1.14 bits per heavy atom. The van der Waals surface area contributed by atoms with Crippen LogP contribution >= 0.6 is 0 Å². The second-order valence-electron chi connectivity index (χ2n) is 6.34. The van der Waals surface area contributed by atoms with Crippen LogP contribution in [0.15, 0.2) is 48.5 Å². The molecule has 8 heteroatoms. The highest BCUT2D eigenvalue weighted by Gasteiger charge is 2.22. The van der Waals surface area contributed by atoms with Gasteiger partial charge in [0.05, 0.1) is 10.5 Å². The number of anilines is 1. The molecule has 2 atom stereocenters. The summed E-state index contributed by atoms with van der Waals surface area (Å²) < 4.78 is 5.15. The Balaban J connectivity index is 1.95. The van der Waals surface area contributed by atoms with Crippen molar-refractivity contribution in [2.24, 2.45) is 0 Å². The summed E-state index contributed by atoms with van der Waals surface area (Å²) in [4.78, 5) is 35.0. The molecule has 0 radical (unpaired) electrons. The molecule has 0 aromatic heterocycles. The number of carbonyl (C=O) groups excluding carboxylic acids is 2. The minimum Gasteiger partial charge on any atom is -0.449 e. The Morgan fingerprint density at radius 2 is 1.82 bits per heavy atom. The normalized spacial score (nSPS) is 12.5. The summed E-state index contributed by atoms with van der Waals surface area (Å²) in [6, 6.07) is 13.7. The summed E-state index contributed by atoms with van der Waals surface area (Å²) in [7, 11) is 1.54. The number of hydrogen-bond donors (Lipinski definition) is 2. The molecule has 0 aliphatic rings. The second kappa shape index (κ2) is 9.50. The van der Waals surface area contributed by atoms with Crippen molar-refractivity contribution in [3.8, 4) is 0 Å². The van der Waals surface area contributed by atoms with E-state index < -0.39 is 22.9 Å². The molecule has 0 aliphatic carbocycles. The smallest absolute Gasteiger partial charge is 0.339 e. The summed E-state index contributed by atoms with van der Waals surface area (Å²) in [6.07, 6.45) is -1.03. The van der Waals surface area contributed by atoms with Crippen LogP contribution in [0.25, 0.3) is 0 Å². The predicted molar refractivity (Wildman–Crippen MR) is 105 cm³/mol. The van der Waals surface area contributed by atoms with E-state index in [2.05, 4.69) is 10.6 Å². The molecule has 0 bridgehead atoms. The molecule has 0 saturated heterocycles. The highest BCUT2D eigenvalue weighted by atomic mass is 16.6. The van der Waals surface area contributed by atoms with E-state index in [1.165, 1.54) is 19.1 Å². The first kappa shape index (κ1) is 20.9. The highest BCUT2D eigenvalue weighted by molar-refractivity contribution is 5.93. The first-order valence-corrected chi connectivity index (χ1v) is 8.83. The molecule has 0 heterocycles. The lowest BCUT2D eigenvalue weighted by Crippen LogP contribution is -2.37. The van der Waals surface area contributed by atoms with Gasteiger partial charge in [-0.15, -0.1) is 0 Å². The number of carbonyl (C=O) groups is 2. The summed E-state index contributed by atoms with van der Waals surface area (Å²) >= 11 is 0. The molecule has 2 aromatic carbocycles. The molecule has 28 heavy (non-hydrogen) atoms. The standard InChI is InChI=1S/C20H23N3O5/c1-13(15-7-5-4-6-8-15)12-22-19(24)14(2)28-20(25)16-9-10-17(21-3)18(11-16)23(26)27/h4-11,13-14,21H,12H2,1-3H3,(H,22,24)/t13-,14+/m0/s1. The largest absolute Gasteiger partial charge is 0.449 e. The topological polar surface area (TPSA) is 111 Å². The van der Waals surface area contributed by atoms with Crippen LogP contribution in [0.1, 0.15) is 35.7 Å². The molecular formula is C20H23N3O5. The monoisotopic (exact) mass is 385 g/mol. The van der Waals surface area contributed by atoms with Crippen LogP contribution in [-0.2, 0) is 9.53 Å². The number of esters is 1. The fraction of sp³-hybridized carbons (Fsp3) is 0.300. The van der Waals surface area contributed by atoms with Crippen molar-refractivity contribution >= 4 is 23.3 Å². The Kier molecular flexibility index (Phi) is 7.08. The third kappa shape index (κ3) is 5.29. The van der Waals surface area contributed by atoms with Gasteiger partial charge in [0.1, 0.15) is 5.69 Å². The van der Waals surface area contributed by atoms with Gasteiger partial charge in [-0.05, 0) is 30.5 Å². The lowest BCUT2D eigenvalue weighted by molar-refractivity contribution is -0.384. The fourth-order valence-corrected chi connectivity index (χ4v) is 2.60. The van der Waals surface area contributed by atoms with Crippen LogP contribution in [0.4, 0.5) is 11.4 Å². The molecular weight excluding hydrogens is 362 g/mol. The first-order valence-electron chi connectivity index (χ1n) is 8.83. The van der Waals surface area contributed by atoms with Crippen molar-refractivity contribution < 1.29 is 19.2 Å². The van der Waals surface area contributed by atoms with Crippen LogP contribution in [0.5, 0.6) is 0 Å². The molecule has 0 aliphatic heterocycles. The number of nitrogens with one attached hydrogen (secondary N) is 2. The molecule has 1 amide bonds. The van der Waals surface area contributed by atoms with Crippen molar-refractivity contribution in [2.45, 2.75) is 25.9 Å². The Morgan fingerprint density at radius 3 is 2.43 bits per heavy atom. The van der Waals surface area contributed by atoms with E-state index in [0.717, 1.165) is 11.6 Å². The summed E-state index contributed by atoms with van der Waals surface area (Å²) in [5.41, 5.74) is 1.13. The summed E-state index contributed by atoms with van der Waals surface area (Å²) in [5.74, 6) is -1.13. The summed E-state index contributed by atoms with van der Waals surface area (Å²) in [6.45, 7) is 3.83. The maximum Gasteiger partial charge on any atom is 0.339 e.